The van der Waals surface area contributed by atoms with Crippen LogP contribution in [0.15, 0.2) is 41.6 Å². The highest BCUT2D eigenvalue weighted by molar-refractivity contribution is 5.39. The molecule has 3 aliphatic heterocycles. The average Bonchev–Trinajstić information content (AvgIpc) is 3.37. The Kier molecular flexibility index (Phi) is 7.27. The van der Waals surface area contributed by atoms with Crippen LogP contribution in [0.4, 0.5) is 0 Å². The molecule has 8 unspecified atom stereocenters. The summed E-state index contributed by atoms with van der Waals surface area (Å²) in [6.45, 7) is 6.13. The minimum absolute atomic E-state index is 0.0897. The molecule has 0 saturated carbocycles. The van der Waals surface area contributed by atoms with Gasteiger partial charge in [-0.15, -0.1) is 0 Å². The third-order valence-electron chi connectivity index (χ3n) is 9.06. The summed E-state index contributed by atoms with van der Waals surface area (Å²) in [6, 6.07) is 6.97. The lowest BCUT2D eigenvalue weighted by Gasteiger charge is -2.48. The number of allylic oxidation sites excluding steroid dienone is 1. The molecule has 192 valence electrons. The van der Waals surface area contributed by atoms with Crippen LogP contribution in [-0.4, -0.2) is 81.4 Å². The fourth-order valence-electron chi connectivity index (χ4n) is 7.22. The topological polar surface area (TPSA) is 110 Å². The molecular weight excluding hydrogens is 456 g/mol. The zero-order valence-electron chi connectivity index (χ0n) is 21.0. The summed E-state index contributed by atoms with van der Waals surface area (Å²) in [6.07, 6.45) is 8.84. The van der Waals surface area contributed by atoms with Gasteiger partial charge in [0.2, 0.25) is 0 Å². The normalized spacial score (nSPS) is 33.4. The number of pyridine rings is 1. The average molecular weight is 493 g/mol. The van der Waals surface area contributed by atoms with E-state index in [1.807, 2.05) is 6.92 Å². The first-order valence-electron chi connectivity index (χ1n) is 13.1. The van der Waals surface area contributed by atoms with Crippen molar-refractivity contribution in [2.45, 2.75) is 75.9 Å². The van der Waals surface area contributed by atoms with Crippen LogP contribution < -0.4 is 0 Å². The van der Waals surface area contributed by atoms with Gasteiger partial charge in [0.1, 0.15) is 12.2 Å². The second-order valence-corrected chi connectivity index (χ2v) is 10.8. The van der Waals surface area contributed by atoms with E-state index in [4.69, 9.17) is 10.00 Å². The minimum atomic E-state index is -0.690. The summed E-state index contributed by atoms with van der Waals surface area (Å²) in [5.41, 5.74) is 3.15. The lowest BCUT2D eigenvalue weighted by molar-refractivity contribution is -0.129. The molecular formula is C28H36N4O4. The summed E-state index contributed by atoms with van der Waals surface area (Å²) in [4.78, 5) is 20.0. The van der Waals surface area contributed by atoms with Crippen molar-refractivity contribution in [1.82, 2.24) is 14.8 Å². The second-order valence-electron chi connectivity index (χ2n) is 10.8. The number of aromatic nitrogens is 1. The molecule has 2 N–H and O–H groups in total. The molecule has 36 heavy (non-hydrogen) atoms. The van der Waals surface area contributed by atoms with Gasteiger partial charge in [-0.3, -0.25) is 19.6 Å². The predicted octanol–water partition coefficient (Wildman–Crippen LogP) is 2.34. The van der Waals surface area contributed by atoms with Gasteiger partial charge in [-0.1, -0.05) is 24.6 Å². The van der Waals surface area contributed by atoms with Crippen LogP contribution in [0.5, 0.6) is 0 Å². The van der Waals surface area contributed by atoms with Crippen molar-refractivity contribution >= 4 is 6.47 Å². The SMILES string of the molecule is CC1=C(C(O)CN2C3CCC2C2CCC3N2CC(O)c2ccc(C#N)cn2)C=CC(C)C1COC=O. The molecule has 3 fully saturated rings. The molecule has 1 aliphatic carbocycles. The summed E-state index contributed by atoms with van der Waals surface area (Å²) in [5, 5.41) is 31.3. The summed E-state index contributed by atoms with van der Waals surface area (Å²) < 4.78 is 5.07. The predicted molar refractivity (Wildman–Crippen MR) is 133 cm³/mol. The van der Waals surface area contributed by atoms with E-state index in [-0.39, 0.29) is 11.8 Å². The molecule has 4 bridgehead atoms. The Bertz CT molecular complexity index is 1040. The number of nitrogens with zero attached hydrogens (tertiary/aromatic N) is 4. The van der Waals surface area contributed by atoms with Gasteiger partial charge in [-0.25, -0.2) is 0 Å². The van der Waals surface area contributed by atoms with E-state index in [1.165, 1.54) is 6.20 Å². The van der Waals surface area contributed by atoms with Crippen molar-refractivity contribution in [3.8, 4) is 6.07 Å². The van der Waals surface area contributed by atoms with E-state index in [1.54, 1.807) is 12.1 Å². The zero-order chi connectivity index (χ0) is 25.4. The Hall–Kier alpha value is -2.57. The maximum Gasteiger partial charge on any atom is 0.293 e. The molecule has 4 heterocycles. The second kappa shape index (κ2) is 10.4. The first-order valence-corrected chi connectivity index (χ1v) is 13.1. The van der Waals surface area contributed by atoms with Crippen LogP contribution in [0.25, 0.3) is 0 Å². The largest absolute Gasteiger partial charge is 0.467 e. The maximum absolute atomic E-state index is 11.3. The monoisotopic (exact) mass is 492 g/mol. The maximum atomic E-state index is 11.3. The van der Waals surface area contributed by atoms with Crippen LogP contribution >= 0.6 is 0 Å². The molecule has 1 aromatic heterocycles. The van der Waals surface area contributed by atoms with E-state index < -0.39 is 12.2 Å². The molecule has 3 saturated heterocycles. The molecule has 0 radical (unpaired) electrons. The Morgan fingerprint density at radius 3 is 2.25 bits per heavy atom. The molecule has 5 rings (SSSR count). The van der Waals surface area contributed by atoms with Gasteiger partial charge >= 0.3 is 0 Å². The van der Waals surface area contributed by atoms with Crippen LogP contribution in [-0.2, 0) is 9.53 Å². The van der Waals surface area contributed by atoms with Crippen molar-refractivity contribution in [2.24, 2.45) is 11.8 Å². The van der Waals surface area contributed by atoms with E-state index in [9.17, 15) is 15.0 Å². The Labute approximate surface area is 212 Å². The number of aliphatic hydroxyl groups excluding tert-OH is 2. The number of fused-ring (bicyclic) bond motifs is 6. The quantitative estimate of drug-likeness (QED) is 0.506. The Morgan fingerprint density at radius 2 is 1.72 bits per heavy atom. The molecule has 0 spiro atoms. The van der Waals surface area contributed by atoms with Gasteiger partial charge in [0, 0.05) is 49.4 Å². The van der Waals surface area contributed by atoms with E-state index >= 15 is 0 Å². The molecule has 8 nitrogen and oxygen atoms in total. The van der Waals surface area contributed by atoms with E-state index in [0.29, 0.717) is 61.6 Å². The number of nitriles is 1. The van der Waals surface area contributed by atoms with Gasteiger partial charge in [0.15, 0.2) is 0 Å². The van der Waals surface area contributed by atoms with Crippen molar-refractivity contribution in [2.75, 3.05) is 19.7 Å². The number of hydrogen-bond acceptors (Lipinski definition) is 8. The van der Waals surface area contributed by atoms with Gasteiger partial charge < -0.3 is 14.9 Å². The summed E-state index contributed by atoms with van der Waals surface area (Å²) in [5.74, 6) is 0.348. The lowest BCUT2D eigenvalue weighted by atomic mass is 9.79. The molecule has 4 aliphatic rings. The number of carbonyl (C=O) groups excluding carboxylic acids is 1. The summed E-state index contributed by atoms with van der Waals surface area (Å²) >= 11 is 0. The number of hydrogen-bond donors (Lipinski definition) is 2. The Morgan fingerprint density at radius 1 is 1.11 bits per heavy atom. The number of ether oxygens (including phenoxy) is 1. The standard InChI is InChI=1S/C28H36N4O4/c1-17-3-5-20(18(2)21(17)15-36-16-33)27(34)13-31-23-7-8-24(31)26-10-9-25(23)32(26)14-28(35)22-6-4-19(11-29)12-30-22/h3-6,12,16-17,21,23-28,34-35H,7-10,13-15H2,1-2H3. The number of rotatable bonds is 9. The fourth-order valence-corrected chi connectivity index (χ4v) is 7.22. The molecule has 8 atom stereocenters. The van der Waals surface area contributed by atoms with Gasteiger partial charge in [-0.2, -0.15) is 5.26 Å². The third kappa shape index (κ3) is 4.50. The van der Waals surface area contributed by atoms with Crippen molar-refractivity contribution in [1.29, 1.82) is 5.26 Å². The minimum Gasteiger partial charge on any atom is -0.467 e. The van der Waals surface area contributed by atoms with Crippen LogP contribution in [0.2, 0.25) is 0 Å². The number of piperazine rings is 1. The van der Waals surface area contributed by atoms with Crippen LogP contribution in [0, 0.1) is 23.2 Å². The smallest absolute Gasteiger partial charge is 0.293 e. The van der Waals surface area contributed by atoms with Gasteiger partial charge in [0.05, 0.1) is 24.0 Å². The van der Waals surface area contributed by atoms with E-state index in [0.717, 1.165) is 36.8 Å². The zero-order valence-corrected chi connectivity index (χ0v) is 21.0. The van der Waals surface area contributed by atoms with Crippen LogP contribution in [0.3, 0.4) is 0 Å². The molecule has 8 heteroatoms. The van der Waals surface area contributed by atoms with Crippen molar-refractivity contribution in [3.05, 3.63) is 52.9 Å². The van der Waals surface area contributed by atoms with Crippen molar-refractivity contribution < 1.29 is 19.7 Å². The first kappa shape index (κ1) is 25.1. The highest BCUT2D eigenvalue weighted by atomic mass is 16.5. The summed E-state index contributed by atoms with van der Waals surface area (Å²) in [7, 11) is 0. The molecule has 1 aromatic rings. The number of carbonyl (C=O) groups is 1. The highest BCUT2D eigenvalue weighted by Crippen LogP contribution is 2.46. The van der Waals surface area contributed by atoms with E-state index in [2.05, 4.69) is 39.9 Å². The Balaban J connectivity index is 1.27. The lowest BCUT2D eigenvalue weighted by Crippen LogP contribution is -2.62. The fraction of sp³-hybridized carbons (Fsp3) is 0.607. The van der Waals surface area contributed by atoms with Gasteiger partial charge in [-0.05, 0) is 56.2 Å². The van der Waals surface area contributed by atoms with Crippen LogP contribution in [0.1, 0.15) is 56.9 Å². The number of aliphatic hydroxyl groups is 2. The molecule has 0 amide bonds. The van der Waals surface area contributed by atoms with Gasteiger partial charge in [0.25, 0.3) is 6.47 Å². The highest BCUT2D eigenvalue weighted by Gasteiger charge is 2.55. The van der Waals surface area contributed by atoms with Crippen molar-refractivity contribution in [3.63, 3.8) is 0 Å². The first-order chi connectivity index (χ1) is 17.4. The third-order valence-corrected chi connectivity index (χ3v) is 9.06. The molecule has 0 aromatic carbocycles.